The van der Waals surface area contributed by atoms with Crippen molar-refractivity contribution in [2.45, 2.75) is 69.4 Å². The Hall–Kier alpha value is -0.160. The second-order valence-electron chi connectivity index (χ2n) is 10.9. The summed E-state index contributed by atoms with van der Waals surface area (Å²) < 4.78 is 26.4. The van der Waals surface area contributed by atoms with Crippen LogP contribution in [0.5, 0.6) is 0 Å². The van der Waals surface area contributed by atoms with E-state index in [4.69, 9.17) is 24.7 Å². The van der Waals surface area contributed by atoms with Crippen LogP contribution < -0.4 is 0 Å². The Morgan fingerprint density at radius 2 is 1.79 bits per heavy atom. The molecule has 1 aromatic heterocycles. The van der Waals surface area contributed by atoms with Crippen LogP contribution >= 0.6 is 7.82 Å². The number of carbonyl (C=O) groups excluding carboxylic acids is 1. The molecular weight excluding hydrogens is 605 g/mol. The zero-order valence-corrected chi connectivity index (χ0v) is 23.8. The number of phosphoric ester groups is 1. The van der Waals surface area contributed by atoms with Gasteiger partial charge in [-0.25, -0.2) is 9.36 Å². The van der Waals surface area contributed by atoms with Gasteiger partial charge in [-0.05, 0) is 49.9 Å². The number of aliphatic hydroxyl groups excluding tert-OH is 4. The number of hydrogen-bond acceptors (Lipinski definition) is 10. The van der Waals surface area contributed by atoms with E-state index in [1.54, 1.807) is 0 Å². The fraction of sp³-hybridized carbons (Fsp3) is 0.593. The van der Waals surface area contributed by atoms with Crippen molar-refractivity contribution in [2.24, 2.45) is 5.41 Å². The molecule has 1 aromatic carbocycles. The summed E-state index contributed by atoms with van der Waals surface area (Å²) in [6.07, 6.45) is -1.41. The van der Waals surface area contributed by atoms with Crippen molar-refractivity contribution in [3.8, 4) is 0 Å². The summed E-state index contributed by atoms with van der Waals surface area (Å²) in [6.45, 7) is 3.82. The van der Waals surface area contributed by atoms with Crippen molar-refractivity contribution in [1.29, 1.82) is 0 Å². The van der Waals surface area contributed by atoms with Gasteiger partial charge in [-0.1, -0.05) is 25.1 Å². The van der Waals surface area contributed by atoms with Gasteiger partial charge in [-0.2, -0.15) is 0 Å². The van der Waals surface area contributed by atoms with Crippen molar-refractivity contribution < 1.29 is 53.6 Å². The molecule has 0 amide bonds. The zero-order chi connectivity index (χ0) is 29.7. The fourth-order valence-electron chi connectivity index (χ4n) is 6.77. The number of benzene rings is 1. The van der Waals surface area contributed by atoms with Crippen molar-refractivity contribution in [3.05, 3.63) is 41.6 Å². The van der Waals surface area contributed by atoms with E-state index < -0.39 is 45.1 Å². The number of ether oxygens (including phenoxy) is 2. The van der Waals surface area contributed by atoms with E-state index in [1.165, 1.54) is 30.2 Å². The van der Waals surface area contributed by atoms with Crippen LogP contribution in [0.4, 0.5) is 0 Å². The van der Waals surface area contributed by atoms with Gasteiger partial charge in [0, 0.05) is 23.0 Å². The van der Waals surface area contributed by atoms with E-state index in [-0.39, 0.29) is 70.5 Å². The maximum atomic E-state index is 12.7. The Labute approximate surface area is 293 Å². The van der Waals surface area contributed by atoms with E-state index in [1.807, 2.05) is 0 Å². The predicted octanol–water partition coefficient (Wildman–Crippen LogP) is -0.643. The van der Waals surface area contributed by atoms with Crippen LogP contribution in [0.1, 0.15) is 43.5 Å². The number of aromatic nitrogens is 1. The molecule has 16 heteroatoms. The van der Waals surface area contributed by atoms with Crippen LogP contribution in [0.3, 0.4) is 0 Å². The van der Waals surface area contributed by atoms with Gasteiger partial charge in [0.25, 0.3) is 0 Å². The predicted molar refractivity (Wildman–Crippen MR) is 159 cm³/mol. The van der Waals surface area contributed by atoms with Crippen LogP contribution in [0.25, 0.3) is 16.6 Å². The quantitative estimate of drug-likeness (QED) is 0.137. The second kappa shape index (κ2) is 14.7. The zero-order valence-electron chi connectivity index (χ0n) is 22.9. The van der Waals surface area contributed by atoms with E-state index >= 15 is 0 Å². The van der Waals surface area contributed by atoms with Gasteiger partial charge < -0.3 is 44.3 Å². The molecule has 5 heterocycles. The summed E-state index contributed by atoms with van der Waals surface area (Å²) in [5.74, 6) is -0.225. The van der Waals surface area contributed by atoms with Crippen LogP contribution in [0, 0.1) is 5.41 Å². The number of esters is 1. The standard InChI is InChI=1S/C21H24N2O2.C6H13O9P.2Na.2H/c1-3-21-10-6-11-22-12-9-15-14-7-4-5-8-16(14)23(18(15)19(21)22)17(13-21)20(24)25-2;7-3-2(1-14-16(11,12)13)15-6(10)5(9)4(3)8;;;;/h4-5,7-8,13,19H,3,6,9-12H2,1-2H3;2-10H,1H2,(H2,11,12,13);;;;/t19-,21+;2-,3-,4+,5-,6+;;;;/m11..../s1. The second-order valence-corrected chi connectivity index (χ2v) is 12.2. The molecule has 4 aliphatic rings. The first-order chi connectivity index (χ1) is 19.4. The van der Waals surface area contributed by atoms with Gasteiger partial charge in [-0.15, -0.1) is 0 Å². The van der Waals surface area contributed by atoms with Gasteiger partial charge in [0.2, 0.25) is 0 Å². The number of fused-ring (bicyclic) bond motifs is 3. The van der Waals surface area contributed by atoms with E-state index in [9.17, 15) is 19.6 Å². The van der Waals surface area contributed by atoms with Gasteiger partial charge in [-0.3, -0.25) is 9.42 Å². The number of phosphoric acid groups is 1. The Bertz CT molecular complexity index is 1380. The third-order valence-electron chi connectivity index (χ3n) is 8.74. The van der Waals surface area contributed by atoms with E-state index in [2.05, 4.69) is 56.0 Å². The SMILES string of the molecule is CC[C@@]12C=C(C(=O)OC)n3c4c(c5ccccc53)CCN(CCC1)[C@H]42.O=P(O)(O)OC[C@H]1O[C@H](O)[C@H](O)[C@@H](O)[C@@H]1O.[NaH].[NaH]. The molecule has 6 N–H and O–H groups in total. The molecule has 0 bridgehead atoms. The molecule has 0 spiro atoms. The number of rotatable bonds is 5. The average Bonchev–Trinajstić information content (AvgIpc) is 3.30. The number of nitrogens with zero attached hydrogens (tertiary/aromatic N) is 2. The number of carbonyl (C=O) groups is 1. The molecule has 7 atom stereocenters. The van der Waals surface area contributed by atoms with Crippen molar-refractivity contribution >= 4 is 89.5 Å². The molecular formula is C27H39N2Na2O11P. The number of aliphatic hydroxyl groups is 4. The third-order valence-corrected chi connectivity index (χ3v) is 9.22. The molecule has 2 saturated heterocycles. The molecule has 0 aliphatic carbocycles. The number of piperidine rings is 1. The molecule has 230 valence electrons. The Kier molecular flexibility index (Phi) is 12.8. The molecule has 43 heavy (non-hydrogen) atoms. The first kappa shape index (κ1) is 37.3. The molecule has 0 radical (unpaired) electrons. The summed E-state index contributed by atoms with van der Waals surface area (Å²) in [5.41, 5.74) is 4.67. The Morgan fingerprint density at radius 3 is 2.44 bits per heavy atom. The Balaban J connectivity index is 0.000000248. The van der Waals surface area contributed by atoms with Crippen molar-refractivity contribution in [2.75, 3.05) is 26.8 Å². The van der Waals surface area contributed by atoms with Gasteiger partial charge in [0.05, 0.1) is 25.3 Å². The van der Waals surface area contributed by atoms with Crippen molar-refractivity contribution in [3.63, 3.8) is 0 Å². The third kappa shape index (κ3) is 7.08. The molecule has 13 nitrogen and oxygen atoms in total. The van der Waals surface area contributed by atoms with Gasteiger partial charge >= 0.3 is 72.9 Å². The van der Waals surface area contributed by atoms with E-state index in [0.29, 0.717) is 11.7 Å². The normalized spacial score (nSPS) is 31.4. The first-order valence-electron chi connectivity index (χ1n) is 13.7. The molecule has 0 unspecified atom stereocenters. The molecule has 2 aromatic rings. The molecule has 2 fully saturated rings. The summed E-state index contributed by atoms with van der Waals surface area (Å²) >= 11 is 0. The topological polar surface area (TPSA) is 191 Å². The first-order valence-corrected chi connectivity index (χ1v) is 15.2. The molecule has 0 saturated carbocycles. The summed E-state index contributed by atoms with van der Waals surface area (Å²) in [4.78, 5) is 32.1. The Morgan fingerprint density at radius 1 is 1.09 bits per heavy atom. The number of para-hydroxylation sites is 1. The van der Waals surface area contributed by atoms with Crippen LogP contribution in [-0.2, 0) is 29.8 Å². The van der Waals surface area contributed by atoms with Crippen LogP contribution in [-0.4, -0.2) is 162 Å². The van der Waals surface area contributed by atoms with E-state index in [0.717, 1.165) is 37.9 Å². The maximum absolute atomic E-state index is 12.7. The summed E-state index contributed by atoms with van der Waals surface area (Å²) in [6, 6.07) is 8.89. The fourth-order valence-corrected chi connectivity index (χ4v) is 7.11. The minimum absolute atomic E-state index is 0. The average molecular weight is 645 g/mol. The van der Waals surface area contributed by atoms with Crippen LogP contribution in [0.2, 0.25) is 0 Å². The minimum atomic E-state index is -4.73. The number of methoxy groups -OCH3 is 1. The van der Waals surface area contributed by atoms with Gasteiger partial charge in [0.15, 0.2) is 6.29 Å². The summed E-state index contributed by atoms with van der Waals surface area (Å²) in [7, 11) is -3.25. The summed E-state index contributed by atoms with van der Waals surface area (Å²) in [5, 5.41) is 38.0. The van der Waals surface area contributed by atoms with Crippen LogP contribution in [0.15, 0.2) is 30.3 Å². The molecule has 6 rings (SSSR count). The number of hydrogen-bond donors (Lipinski definition) is 6. The monoisotopic (exact) mass is 644 g/mol. The van der Waals surface area contributed by atoms with Crippen molar-refractivity contribution in [1.82, 2.24) is 9.47 Å². The molecule has 4 aliphatic heterocycles. The van der Waals surface area contributed by atoms with Gasteiger partial charge in [0.1, 0.15) is 30.1 Å².